The molecule has 1 aromatic carbocycles. The van der Waals surface area contributed by atoms with Crippen LogP contribution in [0.4, 0.5) is 0 Å². The van der Waals surface area contributed by atoms with E-state index < -0.39 is 27.5 Å². The molecule has 0 aromatic heterocycles. The summed E-state index contributed by atoms with van der Waals surface area (Å²) in [4.78, 5) is 25.0. The van der Waals surface area contributed by atoms with Crippen LogP contribution in [-0.4, -0.2) is 37.9 Å². The fraction of sp³-hybridized carbons (Fsp3) is 0.474. The standard InChI is InChI=1S/C19H23NO5S2/c1-2-25-19(22)17-14-10-6-7-11-15(14)26-18(17)20-16(21)12-27(23,24)13-8-4-3-5-9-13/h3-5,8-9,14-15H,2,6-7,10-12H2,1H3,(H,20,21)/t14-,15-/m0/s1. The van der Waals surface area contributed by atoms with Crippen molar-refractivity contribution in [2.45, 2.75) is 42.8 Å². The van der Waals surface area contributed by atoms with Gasteiger partial charge in [0, 0.05) is 11.2 Å². The number of hydrogen-bond acceptors (Lipinski definition) is 6. The Kier molecular flexibility index (Phi) is 6.26. The van der Waals surface area contributed by atoms with E-state index in [1.165, 1.54) is 23.9 Å². The molecule has 6 nitrogen and oxygen atoms in total. The van der Waals surface area contributed by atoms with E-state index in [1.54, 1.807) is 25.1 Å². The lowest BCUT2D eigenvalue weighted by molar-refractivity contribution is -0.139. The van der Waals surface area contributed by atoms with Gasteiger partial charge < -0.3 is 10.1 Å². The van der Waals surface area contributed by atoms with Gasteiger partial charge in [-0.15, -0.1) is 11.8 Å². The molecule has 1 fully saturated rings. The van der Waals surface area contributed by atoms with Gasteiger partial charge in [0.25, 0.3) is 0 Å². The van der Waals surface area contributed by atoms with Crippen LogP contribution in [0.15, 0.2) is 45.8 Å². The minimum atomic E-state index is -3.74. The second-order valence-corrected chi connectivity index (χ2v) is 9.87. The molecule has 1 aliphatic carbocycles. The molecule has 1 aliphatic heterocycles. The van der Waals surface area contributed by atoms with Gasteiger partial charge in [-0.1, -0.05) is 31.0 Å². The third-order valence-electron chi connectivity index (χ3n) is 4.76. The van der Waals surface area contributed by atoms with E-state index in [2.05, 4.69) is 5.32 Å². The highest BCUT2D eigenvalue weighted by molar-refractivity contribution is 8.04. The van der Waals surface area contributed by atoms with Crippen LogP contribution in [0.5, 0.6) is 0 Å². The zero-order valence-electron chi connectivity index (χ0n) is 15.1. The molecule has 0 unspecified atom stereocenters. The van der Waals surface area contributed by atoms with E-state index in [-0.39, 0.29) is 22.7 Å². The molecule has 0 saturated heterocycles. The first-order valence-electron chi connectivity index (χ1n) is 9.08. The lowest BCUT2D eigenvalue weighted by atomic mass is 9.84. The predicted molar refractivity (Wildman–Crippen MR) is 104 cm³/mol. The van der Waals surface area contributed by atoms with E-state index in [4.69, 9.17) is 4.74 Å². The van der Waals surface area contributed by atoms with Crippen LogP contribution in [0.3, 0.4) is 0 Å². The Balaban J connectivity index is 1.78. The summed E-state index contributed by atoms with van der Waals surface area (Å²) in [6.45, 7) is 2.00. The van der Waals surface area contributed by atoms with E-state index in [1.807, 2.05) is 0 Å². The quantitative estimate of drug-likeness (QED) is 0.727. The minimum absolute atomic E-state index is 0.0591. The number of benzene rings is 1. The largest absolute Gasteiger partial charge is 0.463 e. The van der Waals surface area contributed by atoms with E-state index in [9.17, 15) is 18.0 Å². The van der Waals surface area contributed by atoms with Crippen LogP contribution in [0.2, 0.25) is 0 Å². The number of carbonyl (C=O) groups is 2. The monoisotopic (exact) mass is 409 g/mol. The molecular formula is C19H23NO5S2. The number of carbonyl (C=O) groups excluding carboxylic acids is 2. The van der Waals surface area contributed by atoms with Crippen molar-refractivity contribution in [2.24, 2.45) is 5.92 Å². The molecule has 0 bridgehead atoms. The molecule has 1 saturated carbocycles. The van der Waals surface area contributed by atoms with Gasteiger partial charge in [0.05, 0.1) is 22.1 Å². The fourth-order valence-electron chi connectivity index (χ4n) is 3.55. The van der Waals surface area contributed by atoms with Gasteiger partial charge in [0.2, 0.25) is 5.91 Å². The number of amides is 1. The van der Waals surface area contributed by atoms with Crippen molar-refractivity contribution in [1.82, 2.24) is 5.32 Å². The molecule has 1 amide bonds. The summed E-state index contributed by atoms with van der Waals surface area (Å²) in [5, 5.41) is 3.37. The number of rotatable bonds is 6. The Bertz CT molecular complexity index is 848. The number of sulfone groups is 1. The number of fused-ring (bicyclic) bond motifs is 1. The molecule has 1 aromatic rings. The molecule has 2 atom stereocenters. The Labute approximate surface area is 163 Å². The molecule has 146 valence electrons. The normalized spacial score (nSPS) is 22.3. The highest BCUT2D eigenvalue weighted by atomic mass is 32.2. The van der Waals surface area contributed by atoms with E-state index >= 15 is 0 Å². The SMILES string of the molecule is CCOC(=O)C1=C(NC(=O)CS(=O)(=O)c2ccccc2)S[C@H]2CCCC[C@H]12. The Hall–Kier alpha value is -1.80. The lowest BCUT2D eigenvalue weighted by Crippen LogP contribution is -2.30. The second-order valence-electron chi connectivity index (χ2n) is 6.63. The highest BCUT2D eigenvalue weighted by Crippen LogP contribution is 2.48. The molecule has 8 heteroatoms. The maximum atomic E-state index is 12.4. The average molecular weight is 410 g/mol. The average Bonchev–Trinajstić information content (AvgIpc) is 2.99. The van der Waals surface area contributed by atoms with Crippen molar-refractivity contribution in [3.63, 3.8) is 0 Å². The molecule has 3 rings (SSSR count). The van der Waals surface area contributed by atoms with Crippen molar-refractivity contribution >= 4 is 33.5 Å². The third kappa shape index (κ3) is 4.55. The fourth-order valence-corrected chi connectivity index (χ4v) is 6.26. The molecule has 2 aliphatic rings. The number of ether oxygens (including phenoxy) is 1. The number of nitrogens with one attached hydrogen (secondary N) is 1. The maximum Gasteiger partial charge on any atom is 0.336 e. The third-order valence-corrected chi connectivity index (χ3v) is 7.82. The smallest absolute Gasteiger partial charge is 0.336 e. The highest BCUT2D eigenvalue weighted by Gasteiger charge is 2.41. The van der Waals surface area contributed by atoms with Gasteiger partial charge in [-0.2, -0.15) is 0 Å². The van der Waals surface area contributed by atoms with Crippen molar-refractivity contribution in [1.29, 1.82) is 0 Å². The summed E-state index contributed by atoms with van der Waals surface area (Å²) in [7, 11) is -3.74. The van der Waals surface area contributed by atoms with Crippen molar-refractivity contribution in [3.8, 4) is 0 Å². The molecule has 27 heavy (non-hydrogen) atoms. The number of esters is 1. The van der Waals surface area contributed by atoms with Gasteiger partial charge in [0.1, 0.15) is 5.75 Å². The molecule has 0 spiro atoms. The Morgan fingerprint density at radius 3 is 2.59 bits per heavy atom. The molecular weight excluding hydrogens is 386 g/mol. The van der Waals surface area contributed by atoms with Crippen LogP contribution in [0.1, 0.15) is 32.6 Å². The van der Waals surface area contributed by atoms with Crippen molar-refractivity contribution < 1.29 is 22.7 Å². The molecule has 1 N–H and O–H groups in total. The van der Waals surface area contributed by atoms with Gasteiger partial charge in [-0.3, -0.25) is 4.79 Å². The summed E-state index contributed by atoms with van der Waals surface area (Å²) in [6.07, 6.45) is 3.98. The van der Waals surface area contributed by atoms with Gasteiger partial charge >= 0.3 is 5.97 Å². The van der Waals surface area contributed by atoms with Crippen LogP contribution >= 0.6 is 11.8 Å². The summed E-state index contributed by atoms with van der Waals surface area (Å²) < 4.78 is 30.0. The Morgan fingerprint density at radius 1 is 1.19 bits per heavy atom. The van der Waals surface area contributed by atoms with Crippen LogP contribution in [0, 0.1) is 5.92 Å². The van der Waals surface area contributed by atoms with Gasteiger partial charge in [-0.05, 0) is 31.9 Å². The number of thioether (sulfide) groups is 1. The van der Waals surface area contributed by atoms with Crippen molar-refractivity contribution in [3.05, 3.63) is 40.9 Å². The van der Waals surface area contributed by atoms with Gasteiger partial charge in [0.15, 0.2) is 9.84 Å². The molecule has 0 radical (unpaired) electrons. The van der Waals surface area contributed by atoms with Crippen LogP contribution in [-0.2, 0) is 24.2 Å². The van der Waals surface area contributed by atoms with Crippen molar-refractivity contribution in [2.75, 3.05) is 12.4 Å². The summed E-state index contributed by atoms with van der Waals surface area (Å²) >= 11 is 1.46. The minimum Gasteiger partial charge on any atom is -0.463 e. The van der Waals surface area contributed by atoms with E-state index in [0.29, 0.717) is 10.6 Å². The Morgan fingerprint density at radius 2 is 1.89 bits per heavy atom. The lowest BCUT2D eigenvalue weighted by Gasteiger charge is -2.25. The number of hydrogen-bond donors (Lipinski definition) is 1. The first-order valence-corrected chi connectivity index (χ1v) is 11.6. The first-order chi connectivity index (χ1) is 12.9. The van der Waals surface area contributed by atoms with Crippen LogP contribution < -0.4 is 5.32 Å². The summed E-state index contributed by atoms with van der Waals surface area (Å²) in [6, 6.07) is 7.87. The predicted octanol–water partition coefficient (Wildman–Crippen LogP) is 2.66. The second kappa shape index (κ2) is 8.48. The topological polar surface area (TPSA) is 89.5 Å². The maximum absolute atomic E-state index is 12.4. The first kappa shape index (κ1) is 19.9. The molecule has 1 heterocycles. The van der Waals surface area contributed by atoms with Crippen LogP contribution in [0.25, 0.3) is 0 Å². The zero-order valence-corrected chi connectivity index (χ0v) is 16.8. The van der Waals surface area contributed by atoms with Gasteiger partial charge in [-0.25, -0.2) is 13.2 Å². The zero-order chi connectivity index (χ0) is 19.4. The van der Waals surface area contributed by atoms with E-state index in [0.717, 1.165) is 25.7 Å². The summed E-state index contributed by atoms with van der Waals surface area (Å²) in [5.74, 6) is -1.65. The summed E-state index contributed by atoms with van der Waals surface area (Å²) in [5.41, 5.74) is 0.497.